The highest BCUT2D eigenvalue weighted by Gasteiger charge is 2.15. The van der Waals surface area contributed by atoms with Gasteiger partial charge in [0, 0.05) is 18.7 Å². The fourth-order valence-corrected chi connectivity index (χ4v) is 2.93. The van der Waals surface area contributed by atoms with Crippen molar-refractivity contribution in [2.24, 2.45) is 0 Å². The number of amides is 3. The molecule has 2 N–H and O–H groups in total. The van der Waals surface area contributed by atoms with Crippen LogP contribution in [0.3, 0.4) is 0 Å². The van der Waals surface area contributed by atoms with Gasteiger partial charge in [-0.1, -0.05) is 11.8 Å². The lowest BCUT2D eigenvalue weighted by molar-refractivity contribution is -0.117. The Bertz CT molecular complexity index is 730. The lowest BCUT2D eigenvalue weighted by atomic mass is 10.2. The van der Waals surface area contributed by atoms with Crippen LogP contribution >= 0.6 is 11.8 Å². The van der Waals surface area contributed by atoms with Crippen molar-refractivity contribution in [3.8, 4) is 17.1 Å². The smallest absolute Gasteiger partial charge is 0.321 e. The van der Waals surface area contributed by atoms with Crippen LogP contribution in [0.1, 0.15) is 13.8 Å². The number of benzene rings is 1. The van der Waals surface area contributed by atoms with Crippen molar-refractivity contribution in [3.05, 3.63) is 24.3 Å². The van der Waals surface area contributed by atoms with E-state index >= 15 is 0 Å². The summed E-state index contributed by atoms with van der Waals surface area (Å²) in [6.45, 7) is 4.88. The minimum atomic E-state index is -0.496. The van der Waals surface area contributed by atoms with Crippen molar-refractivity contribution in [2.75, 3.05) is 19.4 Å². The minimum absolute atomic E-state index is 0.0812. The monoisotopic (exact) mass is 363 g/mol. The molecular formula is C16H21N5O3S. The molecule has 0 unspecified atom stereocenters. The summed E-state index contributed by atoms with van der Waals surface area (Å²) < 4.78 is 7.08. The zero-order valence-electron chi connectivity index (χ0n) is 14.4. The summed E-state index contributed by atoms with van der Waals surface area (Å²) >= 11 is 1.24. The summed E-state index contributed by atoms with van der Waals surface area (Å²) in [5.74, 6) is 1.19. The van der Waals surface area contributed by atoms with Crippen molar-refractivity contribution >= 4 is 23.7 Å². The molecule has 0 radical (unpaired) electrons. The maximum absolute atomic E-state index is 11.8. The van der Waals surface area contributed by atoms with Gasteiger partial charge in [0.1, 0.15) is 5.75 Å². The van der Waals surface area contributed by atoms with Gasteiger partial charge in [-0.3, -0.25) is 10.1 Å². The van der Waals surface area contributed by atoms with Crippen LogP contribution in [0.4, 0.5) is 4.79 Å². The van der Waals surface area contributed by atoms with Crippen LogP contribution in [0.25, 0.3) is 11.4 Å². The molecule has 134 valence electrons. The van der Waals surface area contributed by atoms with Crippen LogP contribution in [0.2, 0.25) is 0 Å². The molecule has 1 aromatic carbocycles. The average molecular weight is 363 g/mol. The van der Waals surface area contributed by atoms with Gasteiger partial charge >= 0.3 is 6.03 Å². The largest absolute Gasteiger partial charge is 0.497 e. The van der Waals surface area contributed by atoms with Crippen molar-refractivity contribution < 1.29 is 14.3 Å². The number of imide groups is 1. The van der Waals surface area contributed by atoms with Gasteiger partial charge in [0.2, 0.25) is 5.91 Å². The molecule has 0 saturated heterocycles. The van der Waals surface area contributed by atoms with Crippen LogP contribution in [0.15, 0.2) is 29.4 Å². The molecule has 9 heteroatoms. The summed E-state index contributed by atoms with van der Waals surface area (Å²) in [7, 11) is 1.62. The lowest BCUT2D eigenvalue weighted by Gasteiger charge is -2.08. The van der Waals surface area contributed by atoms with E-state index in [-0.39, 0.29) is 11.7 Å². The number of hydrogen-bond acceptors (Lipinski definition) is 6. The van der Waals surface area contributed by atoms with Crippen LogP contribution in [-0.4, -0.2) is 46.1 Å². The molecule has 1 heterocycles. The molecule has 0 aliphatic heterocycles. The number of ether oxygens (including phenoxy) is 1. The third-order valence-electron chi connectivity index (χ3n) is 3.30. The first-order valence-electron chi connectivity index (χ1n) is 7.87. The Balaban J connectivity index is 2.06. The van der Waals surface area contributed by atoms with E-state index in [1.54, 1.807) is 14.0 Å². The fraction of sp³-hybridized carbons (Fsp3) is 0.375. The molecule has 0 aliphatic rings. The van der Waals surface area contributed by atoms with Gasteiger partial charge in [-0.15, -0.1) is 10.2 Å². The molecule has 25 heavy (non-hydrogen) atoms. The molecule has 2 aromatic rings. The highest BCUT2D eigenvalue weighted by atomic mass is 32.2. The van der Waals surface area contributed by atoms with Crippen LogP contribution in [0, 0.1) is 0 Å². The average Bonchev–Trinajstić information content (AvgIpc) is 3.03. The van der Waals surface area contributed by atoms with Crippen LogP contribution < -0.4 is 15.4 Å². The third-order valence-corrected chi connectivity index (χ3v) is 4.27. The standard InChI is InChI=1S/C16H21N5O3S/c1-4-17-15(23)18-13(22)10-25-16-20-19-14(21(16)5-2)11-6-8-12(24-3)9-7-11/h6-9H,4-5,10H2,1-3H3,(H2,17,18,22,23). The molecule has 0 fully saturated rings. The molecular weight excluding hydrogens is 342 g/mol. The Morgan fingerprint density at radius 2 is 1.92 bits per heavy atom. The zero-order chi connectivity index (χ0) is 18.2. The van der Waals surface area contributed by atoms with Crippen molar-refractivity contribution in [2.45, 2.75) is 25.5 Å². The quantitative estimate of drug-likeness (QED) is 0.729. The molecule has 0 bridgehead atoms. The van der Waals surface area contributed by atoms with Crippen LogP contribution in [0.5, 0.6) is 5.75 Å². The molecule has 0 aliphatic carbocycles. The summed E-state index contributed by atoms with van der Waals surface area (Å²) in [6.07, 6.45) is 0. The number of methoxy groups -OCH3 is 1. The highest BCUT2D eigenvalue weighted by Crippen LogP contribution is 2.25. The van der Waals surface area contributed by atoms with Gasteiger partial charge < -0.3 is 14.6 Å². The molecule has 0 atom stereocenters. The third kappa shape index (κ3) is 4.96. The number of carbonyl (C=O) groups is 2. The van der Waals surface area contributed by atoms with E-state index in [9.17, 15) is 9.59 Å². The second-order valence-corrected chi connectivity index (χ2v) is 5.92. The Hall–Kier alpha value is -2.55. The van der Waals surface area contributed by atoms with Gasteiger partial charge in [-0.05, 0) is 38.1 Å². The number of nitrogens with zero attached hydrogens (tertiary/aromatic N) is 3. The maximum Gasteiger partial charge on any atom is 0.321 e. The number of urea groups is 1. The van der Waals surface area contributed by atoms with Gasteiger partial charge in [-0.2, -0.15) is 0 Å². The number of aromatic nitrogens is 3. The number of carbonyl (C=O) groups excluding carboxylic acids is 2. The number of rotatable bonds is 7. The second kappa shape index (κ2) is 9.07. The van der Waals surface area contributed by atoms with E-state index in [2.05, 4.69) is 20.8 Å². The molecule has 2 rings (SSSR count). The van der Waals surface area contributed by atoms with E-state index in [4.69, 9.17) is 4.74 Å². The van der Waals surface area contributed by atoms with E-state index in [1.165, 1.54) is 11.8 Å². The number of nitrogens with one attached hydrogen (secondary N) is 2. The van der Waals surface area contributed by atoms with Crippen molar-refractivity contribution in [3.63, 3.8) is 0 Å². The minimum Gasteiger partial charge on any atom is -0.497 e. The fourth-order valence-electron chi connectivity index (χ4n) is 2.13. The molecule has 0 saturated carbocycles. The van der Waals surface area contributed by atoms with Crippen molar-refractivity contribution in [1.82, 2.24) is 25.4 Å². The SMILES string of the molecule is CCNC(=O)NC(=O)CSc1nnc(-c2ccc(OC)cc2)n1CC. The first-order chi connectivity index (χ1) is 12.1. The van der Waals surface area contributed by atoms with E-state index < -0.39 is 6.03 Å². The van der Waals surface area contributed by atoms with Crippen LogP contribution in [-0.2, 0) is 11.3 Å². The molecule has 1 aromatic heterocycles. The Morgan fingerprint density at radius 3 is 2.52 bits per heavy atom. The first kappa shape index (κ1) is 18.8. The van der Waals surface area contributed by atoms with Gasteiger partial charge in [-0.25, -0.2) is 4.79 Å². The van der Waals surface area contributed by atoms with E-state index in [0.29, 0.717) is 18.2 Å². The summed E-state index contributed by atoms with van der Waals surface area (Å²) in [4.78, 5) is 23.1. The predicted molar refractivity (Wildman–Crippen MR) is 95.6 cm³/mol. The Labute approximate surface area is 150 Å². The Morgan fingerprint density at radius 1 is 1.20 bits per heavy atom. The Kier molecular flexibility index (Phi) is 6.81. The topological polar surface area (TPSA) is 98.1 Å². The molecule has 3 amide bonds. The second-order valence-electron chi connectivity index (χ2n) is 4.98. The maximum atomic E-state index is 11.8. The highest BCUT2D eigenvalue weighted by molar-refractivity contribution is 7.99. The molecule has 0 spiro atoms. The van der Waals surface area contributed by atoms with Gasteiger partial charge in [0.15, 0.2) is 11.0 Å². The first-order valence-corrected chi connectivity index (χ1v) is 8.85. The van der Waals surface area contributed by atoms with E-state index in [0.717, 1.165) is 17.1 Å². The summed E-state index contributed by atoms with van der Waals surface area (Å²) in [5.41, 5.74) is 0.911. The van der Waals surface area contributed by atoms with Gasteiger partial charge in [0.05, 0.1) is 12.9 Å². The zero-order valence-corrected chi connectivity index (χ0v) is 15.2. The molecule has 8 nitrogen and oxygen atoms in total. The number of hydrogen-bond donors (Lipinski definition) is 2. The van der Waals surface area contributed by atoms with Gasteiger partial charge in [0.25, 0.3) is 0 Å². The number of thioether (sulfide) groups is 1. The predicted octanol–water partition coefficient (Wildman–Crippen LogP) is 1.91. The normalized spacial score (nSPS) is 10.4. The summed E-state index contributed by atoms with van der Waals surface area (Å²) in [6, 6.07) is 7.04. The van der Waals surface area contributed by atoms with Crippen molar-refractivity contribution in [1.29, 1.82) is 0 Å². The van der Waals surface area contributed by atoms with E-state index in [1.807, 2.05) is 35.8 Å². The summed E-state index contributed by atoms with van der Waals surface area (Å²) in [5, 5.41) is 13.8. The lowest BCUT2D eigenvalue weighted by Crippen LogP contribution is -2.40.